The Bertz CT molecular complexity index is 737. The summed E-state index contributed by atoms with van der Waals surface area (Å²) in [6.45, 7) is 0. The van der Waals surface area contributed by atoms with Gasteiger partial charge in [-0.1, -0.05) is 11.8 Å². The number of amides is 1. The maximum absolute atomic E-state index is 13.4. The minimum absolute atomic E-state index is 0.0952. The number of anilines is 1. The number of carbonyl (C=O) groups excluding carboxylic acids is 1. The monoisotopic (exact) mass is 302 g/mol. The van der Waals surface area contributed by atoms with Crippen molar-refractivity contribution in [3.63, 3.8) is 0 Å². The highest BCUT2D eigenvalue weighted by Crippen LogP contribution is 2.43. The average molecular weight is 302 g/mol. The quantitative estimate of drug-likeness (QED) is 0.450. The second kappa shape index (κ2) is 4.94. The van der Waals surface area contributed by atoms with Crippen LogP contribution < -0.4 is 11.1 Å². The molecule has 0 radical (unpaired) electrons. The third-order valence-electron chi connectivity index (χ3n) is 3.15. The van der Waals surface area contributed by atoms with Gasteiger partial charge in [-0.05, 0) is 30.3 Å². The molecule has 1 unspecified atom stereocenters. The predicted octanol–water partition coefficient (Wildman–Crippen LogP) is 2.04. The molecule has 1 aliphatic rings. The highest BCUT2D eigenvalue weighted by molar-refractivity contribution is 8.15. The number of thioether (sulfide) groups is 1. The van der Waals surface area contributed by atoms with E-state index in [0.717, 1.165) is 11.8 Å². The Balaban J connectivity index is 1.97. The molecule has 1 aromatic carbocycles. The highest BCUT2D eigenvalue weighted by Gasteiger charge is 2.45. The summed E-state index contributed by atoms with van der Waals surface area (Å²) in [5.74, 6) is -0.949. The largest absolute Gasteiger partial charge is 0.323 e. The van der Waals surface area contributed by atoms with Crippen LogP contribution in [0.2, 0.25) is 0 Å². The molecule has 1 aliphatic heterocycles. The summed E-state index contributed by atoms with van der Waals surface area (Å²) in [5.41, 5.74) is 7.50. The van der Waals surface area contributed by atoms with Gasteiger partial charge in [0.1, 0.15) is 5.82 Å². The van der Waals surface area contributed by atoms with Crippen molar-refractivity contribution >= 4 is 28.4 Å². The van der Waals surface area contributed by atoms with Crippen molar-refractivity contribution in [2.24, 2.45) is 5.73 Å². The Morgan fingerprint density at radius 2 is 2.24 bits per heavy atom. The van der Waals surface area contributed by atoms with Crippen LogP contribution in [0.5, 0.6) is 0 Å². The van der Waals surface area contributed by atoms with Gasteiger partial charge in [0.25, 0.3) is 5.91 Å². The molecule has 5 nitrogen and oxygen atoms in total. The van der Waals surface area contributed by atoms with Gasteiger partial charge in [-0.15, -0.1) is 0 Å². The fourth-order valence-corrected chi connectivity index (χ4v) is 3.07. The molecule has 2 heterocycles. The second-order valence-corrected chi connectivity index (χ2v) is 5.81. The Hall–Kier alpha value is -2.25. The molecular weight excluding hydrogens is 291 g/mol. The number of carbonyl (C=O) groups is 1. The molecule has 1 atom stereocenters. The summed E-state index contributed by atoms with van der Waals surface area (Å²) >= 11 is 0.864. The molecule has 4 N–H and O–H groups in total. The lowest BCUT2D eigenvalue weighted by molar-refractivity contribution is -0.117. The molecule has 21 heavy (non-hydrogen) atoms. The molecule has 0 bridgehead atoms. The van der Waals surface area contributed by atoms with Crippen molar-refractivity contribution in [3.05, 3.63) is 59.7 Å². The van der Waals surface area contributed by atoms with Crippen molar-refractivity contribution in [2.45, 2.75) is 4.87 Å². The maximum atomic E-state index is 13.4. The Labute approximate surface area is 124 Å². The Morgan fingerprint density at radius 1 is 1.43 bits per heavy atom. The van der Waals surface area contributed by atoms with Crippen LogP contribution in [0.3, 0.4) is 0 Å². The first-order valence-corrected chi connectivity index (χ1v) is 6.90. The molecular formula is C14H11FN4OS. The van der Waals surface area contributed by atoms with Crippen molar-refractivity contribution in [2.75, 3.05) is 5.32 Å². The molecule has 0 saturated heterocycles. The fraction of sp³-hybridized carbons (Fsp3) is 0.0714. The zero-order valence-corrected chi connectivity index (χ0v) is 11.6. The van der Waals surface area contributed by atoms with Crippen LogP contribution in [0.25, 0.3) is 0 Å². The molecule has 1 aromatic heterocycles. The predicted molar refractivity (Wildman–Crippen MR) is 79.6 cm³/mol. The van der Waals surface area contributed by atoms with Crippen molar-refractivity contribution in [1.82, 2.24) is 4.98 Å². The minimum atomic E-state index is -1.52. The topological polar surface area (TPSA) is 91.9 Å². The zero-order valence-electron chi connectivity index (χ0n) is 10.8. The summed E-state index contributed by atoms with van der Waals surface area (Å²) < 4.78 is 13.4. The third-order valence-corrected chi connectivity index (χ3v) is 4.32. The van der Waals surface area contributed by atoms with Gasteiger partial charge in [-0.3, -0.25) is 15.2 Å². The van der Waals surface area contributed by atoms with Crippen molar-refractivity contribution < 1.29 is 9.18 Å². The number of pyridine rings is 1. The zero-order chi connectivity index (χ0) is 15.0. The van der Waals surface area contributed by atoms with E-state index in [1.807, 2.05) is 0 Å². The van der Waals surface area contributed by atoms with Gasteiger partial charge >= 0.3 is 0 Å². The summed E-state index contributed by atoms with van der Waals surface area (Å²) in [4.78, 5) is 14.5. The van der Waals surface area contributed by atoms with E-state index in [-0.39, 0.29) is 5.04 Å². The van der Waals surface area contributed by atoms with Gasteiger partial charge in [-0.2, -0.15) is 0 Å². The molecule has 7 heteroatoms. The molecule has 2 aromatic rings. The van der Waals surface area contributed by atoms with Crippen molar-refractivity contribution in [1.29, 1.82) is 5.41 Å². The maximum Gasteiger partial charge on any atom is 0.260 e. The fourth-order valence-electron chi connectivity index (χ4n) is 2.09. The molecule has 0 fully saturated rings. The van der Waals surface area contributed by atoms with E-state index in [1.165, 1.54) is 24.4 Å². The minimum Gasteiger partial charge on any atom is -0.323 e. The SMILES string of the molecule is N=C(SC1(N)C(=O)Nc2ccc(F)cc21)c1cccnc1. The number of nitrogens with zero attached hydrogens (tertiary/aromatic N) is 1. The van der Waals surface area contributed by atoms with Crippen LogP contribution in [0.4, 0.5) is 10.1 Å². The number of nitrogens with one attached hydrogen (secondary N) is 2. The van der Waals surface area contributed by atoms with E-state index in [0.29, 0.717) is 16.8 Å². The number of nitrogens with two attached hydrogens (primary N) is 1. The van der Waals surface area contributed by atoms with Crippen LogP contribution in [-0.4, -0.2) is 15.9 Å². The third kappa shape index (κ3) is 2.30. The van der Waals surface area contributed by atoms with E-state index < -0.39 is 16.6 Å². The molecule has 0 saturated carbocycles. The smallest absolute Gasteiger partial charge is 0.260 e. The van der Waals surface area contributed by atoms with Gasteiger partial charge in [0, 0.05) is 29.2 Å². The first kappa shape index (κ1) is 13.7. The first-order valence-electron chi connectivity index (χ1n) is 6.09. The average Bonchev–Trinajstić information content (AvgIpc) is 2.72. The highest BCUT2D eigenvalue weighted by atomic mass is 32.2. The van der Waals surface area contributed by atoms with Crippen LogP contribution in [0, 0.1) is 11.2 Å². The second-order valence-electron chi connectivity index (χ2n) is 4.55. The van der Waals surface area contributed by atoms with Crippen LogP contribution in [0.1, 0.15) is 11.1 Å². The lowest BCUT2D eigenvalue weighted by Crippen LogP contribution is -2.41. The summed E-state index contributed by atoms with van der Waals surface area (Å²) in [6.07, 6.45) is 3.10. The number of fused-ring (bicyclic) bond motifs is 1. The number of rotatable bonds is 2. The Kier molecular flexibility index (Phi) is 3.23. The van der Waals surface area contributed by atoms with E-state index in [2.05, 4.69) is 10.3 Å². The lowest BCUT2D eigenvalue weighted by atomic mass is 10.1. The summed E-state index contributed by atoms with van der Waals surface area (Å²) in [7, 11) is 0. The lowest BCUT2D eigenvalue weighted by Gasteiger charge is -2.21. The van der Waals surface area contributed by atoms with Crippen LogP contribution in [-0.2, 0) is 9.67 Å². The number of halogens is 1. The summed E-state index contributed by atoms with van der Waals surface area (Å²) in [5, 5.41) is 10.8. The van der Waals surface area contributed by atoms with Crippen LogP contribution in [0.15, 0.2) is 42.7 Å². The molecule has 0 aliphatic carbocycles. The molecule has 0 spiro atoms. The molecule has 1 amide bonds. The van der Waals surface area contributed by atoms with E-state index >= 15 is 0 Å². The van der Waals surface area contributed by atoms with E-state index in [4.69, 9.17) is 11.1 Å². The van der Waals surface area contributed by atoms with Gasteiger partial charge in [0.05, 0.1) is 5.04 Å². The van der Waals surface area contributed by atoms with E-state index in [9.17, 15) is 9.18 Å². The van der Waals surface area contributed by atoms with Gasteiger partial charge in [0.2, 0.25) is 0 Å². The Morgan fingerprint density at radius 3 is 2.95 bits per heavy atom. The van der Waals surface area contributed by atoms with Gasteiger partial charge < -0.3 is 11.1 Å². The normalized spacial score (nSPS) is 20.0. The van der Waals surface area contributed by atoms with Gasteiger partial charge in [-0.25, -0.2) is 4.39 Å². The molecule has 3 rings (SSSR count). The van der Waals surface area contributed by atoms with Gasteiger partial charge in [0.15, 0.2) is 4.87 Å². The van der Waals surface area contributed by atoms with Crippen molar-refractivity contribution in [3.8, 4) is 0 Å². The number of hydrogen-bond acceptors (Lipinski definition) is 5. The number of benzene rings is 1. The number of hydrogen-bond donors (Lipinski definition) is 3. The molecule has 106 valence electrons. The summed E-state index contributed by atoms with van der Waals surface area (Å²) in [6, 6.07) is 7.32. The standard InChI is InChI=1S/C14H11FN4OS/c15-9-3-4-11-10(6-9)14(17,13(20)19-11)21-12(16)8-2-1-5-18-7-8/h1-7,16H,17H2,(H,19,20). The van der Waals surface area contributed by atoms with E-state index in [1.54, 1.807) is 18.3 Å². The number of aromatic nitrogens is 1. The first-order chi connectivity index (χ1) is 10.0. The van der Waals surface area contributed by atoms with Crippen LogP contribution >= 0.6 is 11.8 Å².